The lowest BCUT2D eigenvalue weighted by Crippen LogP contribution is -2.35. The molecule has 118 valence electrons. The maximum Gasteiger partial charge on any atom is 0.333 e. The molecule has 4 aliphatic rings. The Bertz CT molecular complexity index is 606. The molecule has 0 aromatic rings. The fourth-order valence-corrected chi connectivity index (χ4v) is 4.22. The Balaban J connectivity index is 0.00000144. The molecular formula is C17H21ClN2O2. The van der Waals surface area contributed by atoms with E-state index in [2.05, 4.69) is 34.9 Å². The van der Waals surface area contributed by atoms with Crippen molar-refractivity contribution in [1.29, 1.82) is 0 Å². The molecule has 1 saturated heterocycles. The summed E-state index contributed by atoms with van der Waals surface area (Å²) in [5, 5.41) is 16.3. The van der Waals surface area contributed by atoms with Gasteiger partial charge in [-0.3, -0.25) is 0 Å². The maximum absolute atomic E-state index is 11.2. The second-order valence-corrected chi connectivity index (χ2v) is 6.31. The molecule has 0 aromatic heterocycles. The lowest BCUT2D eigenvalue weighted by Gasteiger charge is -2.31. The van der Waals surface area contributed by atoms with Crippen LogP contribution >= 0.6 is 12.4 Å². The van der Waals surface area contributed by atoms with Crippen molar-refractivity contribution in [3.8, 4) is 0 Å². The first-order valence-electron chi connectivity index (χ1n) is 7.74. The Hall–Kier alpha value is -1.52. The average Bonchev–Trinajstić information content (AvgIpc) is 2.75. The molecule has 2 heterocycles. The van der Waals surface area contributed by atoms with Gasteiger partial charge in [-0.15, -0.1) is 12.4 Å². The van der Waals surface area contributed by atoms with Crippen molar-refractivity contribution in [3.63, 3.8) is 0 Å². The minimum absolute atomic E-state index is 0. The number of fused-ring (bicyclic) bond motifs is 4. The van der Waals surface area contributed by atoms with Crippen LogP contribution in [0.3, 0.4) is 0 Å². The first-order chi connectivity index (χ1) is 10.2. The van der Waals surface area contributed by atoms with Gasteiger partial charge in [0, 0.05) is 30.2 Å². The molecule has 2 aliphatic carbocycles. The van der Waals surface area contributed by atoms with E-state index in [1.54, 1.807) is 0 Å². The summed E-state index contributed by atoms with van der Waals surface area (Å²) in [6, 6.07) is 0.819. The highest BCUT2D eigenvalue weighted by molar-refractivity contribution is 5.88. The van der Waals surface area contributed by atoms with Crippen LogP contribution in [0.15, 0.2) is 47.2 Å². The molecule has 5 heteroatoms. The van der Waals surface area contributed by atoms with Crippen molar-refractivity contribution < 1.29 is 9.90 Å². The number of nitrogens with one attached hydrogen (secondary N) is 2. The maximum atomic E-state index is 11.2. The van der Waals surface area contributed by atoms with Gasteiger partial charge in [-0.2, -0.15) is 0 Å². The van der Waals surface area contributed by atoms with Gasteiger partial charge in [-0.1, -0.05) is 24.3 Å². The average molecular weight is 321 g/mol. The van der Waals surface area contributed by atoms with Crippen LogP contribution in [0.25, 0.3) is 0 Å². The minimum atomic E-state index is -0.818. The fraction of sp³-hybridized carbons (Fsp3) is 0.471. The number of hydrogen-bond donors (Lipinski definition) is 3. The van der Waals surface area contributed by atoms with Crippen molar-refractivity contribution in [1.82, 2.24) is 10.6 Å². The van der Waals surface area contributed by atoms with E-state index in [1.165, 1.54) is 12.1 Å². The van der Waals surface area contributed by atoms with Gasteiger partial charge >= 0.3 is 5.97 Å². The number of dihydropyridines is 1. The largest absolute Gasteiger partial charge is 0.478 e. The van der Waals surface area contributed by atoms with Crippen LogP contribution in [0.5, 0.6) is 0 Å². The summed E-state index contributed by atoms with van der Waals surface area (Å²) < 4.78 is 0. The third-order valence-electron chi connectivity index (χ3n) is 5.16. The van der Waals surface area contributed by atoms with Gasteiger partial charge in [-0.25, -0.2) is 4.79 Å². The molecule has 0 bridgehead atoms. The SMILES string of the molecule is Cl.O=C(O)C1=CC2=C(NC1)C1C(C=CC2)NC2C=CCCC21. The zero-order valence-electron chi connectivity index (χ0n) is 12.3. The van der Waals surface area contributed by atoms with Crippen LogP contribution in [-0.4, -0.2) is 29.7 Å². The van der Waals surface area contributed by atoms with Crippen LogP contribution < -0.4 is 10.6 Å². The number of carbonyl (C=O) groups is 1. The number of halogens is 1. The predicted molar refractivity (Wildman–Crippen MR) is 87.8 cm³/mol. The summed E-state index contributed by atoms with van der Waals surface area (Å²) in [7, 11) is 0. The minimum Gasteiger partial charge on any atom is -0.478 e. The van der Waals surface area contributed by atoms with E-state index < -0.39 is 5.97 Å². The number of rotatable bonds is 1. The topological polar surface area (TPSA) is 61.4 Å². The molecule has 4 atom stereocenters. The Kier molecular flexibility index (Phi) is 4.15. The van der Waals surface area contributed by atoms with Crippen LogP contribution in [0.4, 0.5) is 0 Å². The van der Waals surface area contributed by atoms with Crippen LogP contribution in [-0.2, 0) is 4.79 Å². The molecule has 4 nitrogen and oxygen atoms in total. The van der Waals surface area contributed by atoms with Crippen molar-refractivity contribution in [2.45, 2.75) is 31.3 Å². The van der Waals surface area contributed by atoms with E-state index in [0.29, 0.717) is 36.0 Å². The van der Waals surface area contributed by atoms with E-state index >= 15 is 0 Å². The first-order valence-corrected chi connectivity index (χ1v) is 7.74. The van der Waals surface area contributed by atoms with Crippen LogP contribution in [0.1, 0.15) is 19.3 Å². The molecule has 1 fully saturated rings. The summed E-state index contributed by atoms with van der Waals surface area (Å²) >= 11 is 0. The van der Waals surface area contributed by atoms with E-state index in [9.17, 15) is 9.90 Å². The highest BCUT2D eigenvalue weighted by Crippen LogP contribution is 2.42. The zero-order valence-corrected chi connectivity index (χ0v) is 13.1. The molecule has 4 unspecified atom stereocenters. The van der Waals surface area contributed by atoms with Crippen LogP contribution in [0, 0.1) is 11.8 Å². The highest BCUT2D eigenvalue weighted by atomic mass is 35.5. The summed E-state index contributed by atoms with van der Waals surface area (Å²) in [5.41, 5.74) is 2.89. The smallest absolute Gasteiger partial charge is 0.333 e. The standard InChI is InChI=1S/C17H20N2O2.ClH/c20-17(21)11-8-10-4-3-7-14-15(16(10)18-9-11)12-5-1-2-6-13(12)19-14;/h2-3,6-8,12-15,18-19H,1,4-5,9H2,(H,20,21);1H. The van der Waals surface area contributed by atoms with Gasteiger partial charge in [0.05, 0.1) is 5.57 Å². The first kappa shape index (κ1) is 15.4. The van der Waals surface area contributed by atoms with E-state index in [-0.39, 0.29) is 12.4 Å². The van der Waals surface area contributed by atoms with E-state index in [4.69, 9.17) is 0 Å². The molecule has 0 radical (unpaired) electrons. The zero-order chi connectivity index (χ0) is 14.4. The Morgan fingerprint density at radius 1 is 1.23 bits per heavy atom. The summed E-state index contributed by atoms with van der Waals surface area (Å²) in [6.07, 6.45) is 14.1. The molecule has 0 saturated carbocycles. The summed E-state index contributed by atoms with van der Waals surface area (Å²) in [4.78, 5) is 11.2. The van der Waals surface area contributed by atoms with Gasteiger partial charge in [-0.05, 0) is 36.8 Å². The van der Waals surface area contributed by atoms with Crippen molar-refractivity contribution >= 4 is 18.4 Å². The summed E-state index contributed by atoms with van der Waals surface area (Å²) in [5.74, 6) is 0.238. The normalized spacial score (nSPS) is 35.4. The molecular weight excluding hydrogens is 300 g/mol. The fourth-order valence-electron chi connectivity index (χ4n) is 4.22. The second kappa shape index (κ2) is 5.94. The van der Waals surface area contributed by atoms with E-state index in [1.807, 2.05) is 6.08 Å². The van der Waals surface area contributed by atoms with Crippen molar-refractivity contribution in [3.05, 3.63) is 47.2 Å². The molecule has 2 aliphatic heterocycles. The number of aliphatic carboxylic acids is 1. The molecule has 4 rings (SSSR count). The number of carboxylic acids is 1. The number of carboxylic acid groups (broad SMARTS) is 1. The van der Waals surface area contributed by atoms with Crippen molar-refractivity contribution in [2.24, 2.45) is 11.8 Å². The van der Waals surface area contributed by atoms with Gasteiger partial charge in [0.25, 0.3) is 0 Å². The van der Waals surface area contributed by atoms with Gasteiger partial charge in [0.15, 0.2) is 0 Å². The van der Waals surface area contributed by atoms with E-state index in [0.717, 1.165) is 18.4 Å². The summed E-state index contributed by atoms with van der Waals surface area (Å²) in [6.45, 7) is 0.435. The number of hydrogen-bond acceptors (Lipinski definition) is 3. The van der Waals surface area contributed by atoms with Crippen LogP contribution in [0.2, 0.25) is 0 Å². The highest BCUT2D eigenvalue weighted by Gasteiger charge is 2.44. The lowest BCUT2D eigenvalue weighted by molar-refractivity contribution is -0.132. The lowest BCUT2D eigenvalue weighted by atomic mass is 9.78. The Labute approximate surface area is 136 Å². The third-order valence-corrected chi connectivity index (χ3v) is 5.16. The second-order valence-electron chi connectivity index (χ2n) is 6.31. The Morgan fingerprint density at radius 2 is 2.05 bits per heavy atom. The molecule has 0 spiro atoms. The Morgan fingerprint density at radius 3 is 2.86 bits per heavy atom. The number of allylic oxidation sites excluding steroid dienone is 4. The molecule has 3 N–H and O–H groups in total. The molecule has 0 amide bonds. The predicted octanol–water partition coefficient (Wildman–Crippen LogP) is 2.16. The quantitative estimate of drug-likeness (QED) is 0.648. The monoisotopic (exact) mass is 320 g/mol. The van der Waals surface area contributed by atoms with Gasteiger partial charge in [0.1, 0.15) is 0 Å². The molecule has 22 heavy (non-hydrogen) atoms. The molecule has 0 aromatic carbocycles. The third kappa shape index (κ3) is 2.40. The van der Waals surface area contributed by atoms with Gasteiger partial charge < -0.3 is 15.7 Å². The van der Waals surface area contributed by atoms with Gasteiger partial charge in [0.2, 0.25) is 0 Å². The van der Waals surface area contributed by atoms with Crippen molar-refractivity contribution in [2.75, 3.05) is 6.54 Å².